The molecule has 6 aliphatic heterocycles. The SMILES string of the molecule is O=C(O)CC(=O)OC[C@H]1O[C@@H](OC2=Cc3c(O)cc(O[C@@H]4O[C@H](COC(=O)/C=C/c5ccc(O)cc5)[C@@H](O)[C@H](O)[C@H]4O)cc3[OH+]C2c2ccc(O)c(O[C@@H]3O[C@H](COC(=O)/C=C/c4ccc(O[C@@H]5O[C@H](COC(=O)/C=C/c6ccc(O[C@@H]7O[C@H](CO)[C@@H](O)[C@H](O)[C@H]7O)cc6)[C@@H](O)[C@H](O)[C@H]5O)cc4)[C@@H](O)[C@@H](O)[C@@H]3O)c2)[C@H](O)[C@H](O)[C@@H]1O. The third kappa shape index (κ3) is 21.1. The van der Waals surface area contributed by atoms with E-state index in [9.17, 15) is 121 Å². The van der Waals surface area contributed by atoms with Gasteiger partial charge in [0.1, 0.15) is 189 Å². The largest absolute Gasteiger partial charge is 0.571 e. The molecule has 0 bridgehead atoms. The number of hydrogen-bond acceptors (Lipinski definition) is 38. The Morgan fingerprint density at radius 2 is 0.748 bits per heavy atom. The predicted molar refractivity (Wildman–Crippen MR) is 377 cm³/mol. The lowest BCUT2D eigenvalue weighted by atomic mass is 9.98. The summed E-state index contributed by atoms with van der Waals surface area (Å²) in [6.45, 7) is -3.64. The van der Waals surface area contributed by atoms with Gasteiger partial charge in [-0.25, -0.2) is 14.4 Å². The maximum Gasteiger partial charge on any atom is 0.330 e. The van der Waals surface area contributed by atoms with Gasteiger partial charge in [-0.3, -0.25) is 9.59 Å². The Morgan fingerprint density at radius 1 is 0.383 bits per heavy atom. The Bertz CT molecular complexity index is 4290. The number of phenolic OH excluding ortho intramolecular Hbond substituents is 3. The molecule has 0 aliphatic carbocycles. The Balaban J connectivity index is 0.718. The van der Waals surface area contributed by atoms with Gasteiger partial charge < -0.3 is 173 Å². The van der Waals surface area contributed by atoms with Crippen LogP contribution in [0, 0.1) is 0 Å². The van der Waals surface area contributed by atoms with E-state index < -0.39 is 246 Å². The van der Waals surface area contributed by atoms with Crippen molar-refractivity contribution in [3.8, 4) is 46.0 Å². The minimum absolute atomic E-state index is 0.0198. The van der Waals surface area contributed by atoms with E-state index >= 15 is 0 Å². The van der Waals surface area contributed by atoms with Crippen LogP contribution in [0.5, 0.6) is 46.0 Å². The number of carboxylic acid groups (broad SMARTS) is 1. The van der Waals surface area contributed by atoms with Crippen molar-refractivity contribution < 1.29 is 197 Å². The zero-order valence-corrected chi connectivity index (χ0v) is 59.8. The van der Waals surface area contributed by atoms with Crippen LogP contribution >= 0.6 is 0 Å². The molecule has 0 saturated carbocycles. The molecule has 21 N–H and O–H groups in total. The number of aliphatic hydroxyl groups excluding tert-OH is 16. The standard InChI is InChI=1S/C75H82O40/c76-26-45-55(86)60(91)65(96)71(111-45)105-36-13-3-32(4-14-36)8-19-52(83)101-27-46-56(87)61(92)66(97)72(112-46)106-37-15-5-33(6-16-37)9-20-53(84)103-29-48-58(89)63(94)68(99)74(114-48)109-43-21-34(10-17-40(43)78)70-44(110-75-69(100)64(95)59(90)49(115-75)30-104-54(85)25-50(80)81)24-39-41(79)22-38(23-42(39)108-70)107-73-67(98)62(93)57(88)47(113-73)28-102-51(82)18-7-31-1-11-35(77)12-2-31/h1-24,45-49,55-79,86-100H,25-30H2,(H,80,81)/p+1/b18-7+,19-8+,20-9+/t45-,46-,47-,48-,49-,55-,56-,57-,58-,59-,60+,61+,62+,63-,64-,65-,66-,67-,68+,69-,70?,71-,72-,73-,74-,75-/m1/s1. The zero-order valence-electron chi connectivity index (χ0n) is 59.8. The fraction of sp³-hybridized carbons (Fsp3) is 0.427. The van der Waals surface area contributed by atoms with Gasteiger partial charge in [0.25, 0.3) is 11.9 Å². The van der Waals surface area contributed by atoms with Crippen molar-refractivity contribution in [2.75, 3.05) is 33.0 Å². The third-order valence-electron chi connectivity index (χ3n) is 18.8. The average molecular weight is 1620 g/mol. The molecule has 1 unspecified atom stereocenters. The van der Waals surface area contributed by atoms with Crippen molar-refractivity contribution >= 4 is 54.2 Å². The maximum atomic E-state index is 13.1. The lowest BCUT2D eigenvalue weighted by molar-refractivity contribution is -0.296. The number of aliphatic hydroxyl groups is 17. The molecule has 40 nitrogen and oxygen atoms in total. The van der Waals surface area contributed by atoms with E-state index in [0.29, 0.717) is 16.7 Å². The molecule has 40 heteroatoms. The number of fused-ring (bicyclic) bond motifs is 1. The minimum Gasteiger partial charge on any atom is -0.571 e. The molecule has 5 fully saturated rings. The van der Waals surface area contributed by atoms with Crippen LogP contribution in [0.1, 0.15) is 40.3 Å². The van der Waals surface area contributed by atoms with Crippen LogP contribution in [-0.4, -0.2) is 323 Å². The first kappa shape index (κ1) is 85.6. The molecule has 5 saturated heterocycles. The Morgan fingerprint density at radius 3 is 1.16 bits per heavy atom. The van der Waals surface area contributed by atoms with E-state index in [1.165, 1.54) is 103 Å². The molecule has 115 heavy (non-hydrogen) atoms. The number of aromatic hydroxyl groups is 4. The number of carbonyl (C=O) groups is 5. The van der Waals surface area contributed by atoms with Crippen LogP contribution in [0.2, 0.25) is 0 Å². The number of esters is 4. The fourth-order valence-electron chi connectivity index (χ4n) is 12.3. The molecule has 6 heterocycles. The van der Waals surface area contributed by atoms with Gasteiger partial charge in [-0.15, -0.1) is 0 Å². The van der Waals surface area contributed by atoms with E-state index in [1.54, 1.807) is 0 Å². The summed E-state index contributed by atoms with van der Waals surface area (Å²) >= 11 is 0. The highest BCUT2D eigenvalue weighted by atomic mass is 16.7. The summed E-state index contributed by atoms with van der Waals surface area (Å²) < 4.78 is 83.0. The average Bonchev–Trinajstić information content (AvgIpc) is 0.763. The molecule has 0 aromatic heterocycles. The van der Waals surface area contributed by atoms with Gasteiger partial charge in [-0.05, 0) is 89.5 Å². The van der Waals surface area contributed by atoms with Crippen LogP contribution in [0.3, 0.4) is 0 Å². The first-order chi connectivity index (χ1) is 54.8. The molecule has 5 aromatic carbocycles. The molecule has 0 amide bonds. The summed E-state index contributed by atoms with van der Waals surface area (Å²) in [5.41, 5.74) is 1.11. The first-order valence-electron chi connectivity index (χ1n) is 35.3. The van der Waals surface area contributed by atoms with Crippen molar-refractivity contribution in [3.63, 3.8) is 0 Å². The second-order valence-electron chi connectivity index (χ2n) is 26.9. The Hall–Kier alpha value is -10.2. The lowest BCUT2D eigenvalue weighted by Crippen LogP contribution is -2.60. The van der Waals surface area contributed by atoms with Gasteiger partial charge in [0.2, 0.25) is 31.5 Å². The monoisotopic (exact) mass is 1620 g/mol. The van der Waals surface area contributed by atoms with Crippen molar-refractivity contribution in [1.82, 2.24) is 0 Å². The number of ether oxygens (including phenoxy) is 15. The number of hydrogen-bond donors (Lipinski definition) is 20. The van der Waals surface area contributed by atoms with Crippen LogP contribution in [-0.2, 0) is 71.3 Å². The van der Waals surface area contributed by atoms with Crippen LogP contribution < -0.4 is 18.9 Å². The van der Waals surface area contributed by atoms with Gasteiger partial charge in [0.05, 0.1) is 18.2 Å². The molecule has 0 spiro atoms. The van der Waals surface area contributed by atoms with Crippen molar-refractivity contribution in [3.05, 3.63) is 155 Å². The van der Waals surface area contributed by atoms with Gasteiger partial charge >= 0.3 is 29.8 Å². The highest BCUT2D eigenvalue weighted by molar-refractivity contribution is 5.90. The number of aliphatic carboxylic acids is 1. The quantitative estimate of drug-likeness (QED) is 0.00738. The topological polar surface area (TPSA) is 632 Å². The zero-order chi connectivity index (χ0) is 82.8. The molecule has 5 aromatic rings. The number of carboxylic acids is 1. The normalized spacial score (nSPS) is 32.7. The molecule has 26 atom stereocenters. The second-order valence-corrected chi connectivity index (χ2v) is 26.9. The highest BCUT2D eigenvalue weighted by Crippen LogP contribution is 2.48. The van der Waals surface area contributed by atoms with E-state index in [1.807, 2.05) is 0 Å². The van der Waals surface area contributed by atoms with Crippen LogP contribution in [0.25, 0.3) is 24.3 Å². The second kappa shape index (κ2) is 38.0. The summed E-state index contributed by atoms with van der Waals surface area (Å²) in [7, 11) is 0. The molecule has 622 valence electrons. The van der Waals surface area contributed by atoms with E-state index in [4.69, 9.17) is 76.2 Å². The Labute approximate surface area is 649 Å². The number of rotatable bonds is 28. The molecular weight excluding hydrogens is 1540 g/mol. The van der Waals surface area contributed by atoms with E-state index in [-0.39, 0.29) is 45.6 Å². The van der Waals surface area contributed by atoms with Crippen molar-refractivity contribution in [2.24, 2.45) is 0 Å². The molecule has 0 radical (unpaired) electrons. The summed E-state index contributed by atoms with van der Waals surface area (Å²) in [6, 6.07) is 22.9. The molecule has 11 rings (SSSR count). The highest BCUT2D eigenvalue weighted by Gasteiger charge is 2.52. The fourth-order valence-corrected chi connectivity index (χ4v) is 12.3. The molecular formula is C75H83O40+. The lowest BCUT2D eigenvalue weighted by Gasteiger charge is -2.41. The predicted octanol–water partition coefficient (Wildman–Crippen LogP) is -4.51. The van der Waals surface area contributed by atoms with Gasteiger partial charge in [0.15, 0.2) is 17.3 Å². The minimum atomic E-state index is -2.11. The van der Waals surface area contributed by atoms with Gasteiger partial charge in [-0.2, -0.15) is 0 Å². The van der Waals surface area contributed by atoms with Gasteiger partial charge in [0, 0.05) is 30.4 Å². The van der Waals surface area contributed by atoms with Crippen LogP contribution in [0.15, 0.2) is 127 Å². The smallest absolute Gasteiger partial charge is 0.330 e. The maximum absolute atomic E-state index is 13.1. The van der Waals surface area contributed by atoms with Crippen LogP contribution in [0.4, 0.5) is 0 Å². The number of carbonyl (C=O) groups excluding carboxylic acids is 4. The van der Waals surface area contributed by atoms with Gasteiger partial charge in [-0.1, -0.05) is 36.4 Å². The summed E-state index contributed by atoms with van der Waals surface area (Å²) in [4.78, 5) is 61.9. The number of benzene rings is 5. The van der Waals surface area contributed by atoms with E-state index in [2.05, 4.69) is 0 Å². The Kier molecular flexibility index (Phi) is 28.3. The van der Waals surface area contributed by atoms with Crippen molar-refractivity contribution in [1.29, 1.82) is 0 Å². The van der Waals surface area contributed by atoms with Crippen molar-refractivity contribution in [2.45, 2.75) is 166 Å². The molecule has 6 aliphatic rings. The summed E-state index contributed by atoms with van der Waals surface area (Å²) in [6.07, 6.45) is -39.3. The van der Waals surface area contributed by atoms with E-state index in [0.717, 1.165) is 42.5 Å². The summed E-state index contributed by atoms with van der Waals surface area (Å²) in [5.74, 6) is -8.22. The summed E-state index contributed by atoms with van der Waals surface area (Å²) in [5, 5.41) is 213. The number of phenols is 3. The third-order valence-corrected chi connectivity index (χ3v) is 18.8. The first-order valence-corrected chi connectivity index (χ1v) is 35.3.